The molecule has 1 unspecified atom stereocenters. The molecular weight excluding hydrogens is 570 g/mol. The van der Waals surface area contributed by atoms with Crippen LogP contribution in [-0.2, 0) is 25.4 Å². The summed E-state index contributed by atoms with van der Waals surface area (Å²) in [6, 6.07) is 3.62. The number of carbonyl (C=O) groups excluding carboxylic acids is 2. The van der Waals surface area contributed by atoms with E-state index in [2.05, 4.69) is 15.4 Å². The Morgan fingerprint density at radius 3 is 2.43 bits per heavy atom. The minimum atomic E-state index is -4.22. The van der Waals surface area contributed by atoms with Crippen LogP contribution in [0.15, 0.2) is 24.3 Å². The van der Waals surface area contributed by atoms with E-state index in [1.807, 2.05) is 0 Å². The number of aromatic carboxylic acids is 1. The van der Waals surface area contributed by atoms with E-state index in [-0.39, 0.29) is 35.4 Å². The normalized spacial score (nSPS) is 21.7. The zero-order valence-electron chi connectivity index (χ0n) is 23.1. The Morgan fingerprint density at radius 2 is 1.76 bits per heavy atom. The number of aliphatic hydroxyl groups excluding tert-OH is 1. The van der Waals surface area contributed by atoms with Crippen molar-refractivity contribution in [2.24, 2.45) is 17.4 Å². The van der Waals surface area contributed by atoms with E-state index in [1.165, 1.54) is 29.2 Å². The van der Waals surface area contributed by atoms with Crippen LogP contribution in [0.25, 0.3) is 0 Å². The molecule has 1 aromatic carbocycles. The fourth-order valence-corrected chi connectivity index (χ4v) is 6.66. The van der Waals surface area contributed by atoms with Gasteiger partial charge in [0.15, 0.2) is 11.9 Å². The smallest absolute Gasteiger partial charge is 0.335 e. The Morgan fingerprint density at radius 1 is 1.07 bits per heavy atom. The van der Waals surface area contributed by atoms with Gasteiger partial charge in [-0.2, -0.15) is 0 Å². The molecule has 0 aromatic heterocycles. The number of sulfonamides is 1. The molecular formula is C25H39N9O7S. The standard InChI is InChI=1S/C25H39N9O7S/c26-24(27)33-9-3-5-15(13-33)11-19(32-42(40,41)14-16-6-1-2-7-17(16)23(38)39)21(36)30-12-20(35)31-18-8-4-10-34(22(18)37)25(28)29/h1-2,6-7,15,18-19,22,32,37H,3-5,8-14H2,(H3,26,27)(H3,28,29)(H,30,36)(H,31,35)(H,38,39)/t15?,18-,19+,22-/m0/s1. The van der Waals surface area contributed by atoms with Crippen molar-refractivity contribution < 1.29 is 33.0 Å². The second-order valence-electron chi connectivity index (χ2n) is 10.5. The molecule has 2 saturated heterocycles. The number of nitrogens with one attached hydrogen (secondary N) is 5. The monoisotopic (exact) mass is 609 g/mol. The molecule has 16 nitrogen and oxygen atoms in total. The van der Waals surface area contributed by atoms with Crippen LogP contribution in [0, 0.1) is 16.7 Å². The number of guanidine groups is 2. The summed E-state index contributed by atoms with van der Waals surface area (Å²) < 4.78 is 28.7. The summed E-state index contributed by atoms with van der Waals surface area (Å²) >= 11 is 0. The number of carboxylic acid groups (broad SMARTS) is 1. The molecule has 2 fully saturated rings. The summed E-state index contributed by atoms with van der Waals surface area (Å²) in [6.45, 7) is 0.761. The molecule has 42 heavy (non-hydrogen) atoms. The third kappa shape index (κ3) is 9.02. The molecule has 0 saturated carbocycles. The highest BCUT2D eigenvalue weighted by molar-refractivity contribution is 7.88. The first-order chi connectivity index (χ1) is 19.8. The summed E-state index contributed by atoms with van der Waals surface area (Å²) in [7, 11) is -4.22. The zero-order chi connectivity index (χ0) is 31.0. The quantitative estimate of drug-likeness (QED) is 0.0985. The third-order valence-electron chi connectivity index (χ3n) is 7.33. The fourth-order valence-electron chi connectivity index (χ4n) is 5.27. The van der Waals surface area contributed by atoms with Gasteiger partial charge in [0, 0.05) is 19.6 Å². The van der Waals surface area contributed by atoms with Gasteiger partial charge in [-0.15, -0.1) is 0 Å². The number of piperidine rings is 2. The molecule has 0 aliphatic carbocycles. The van der Waals surface area contributed by atoms with Gasteiger partial charge < -0.3 is 42.1 Å². The van der Waals surface area contributed by atoms with Crippen molar-refractivity contribution >= 4 is 39.7 Å². The number of carboxylic acids is 1. The van der Waals surface area contributed by atoms with Crippen molar-refractivity contribution in [3.63, 3.8) is 0 Å². The van der Waals surface area contributed by atoms with Crippen LogP contribution >= 0.6 is 0 Å². The molecule has 2 aliphatic heterocycles. The Labute approximate surface area is 243 Å². The molecule has 2 heterocycles. The first-order valence-corrected chi connectivity index (χ1v) is 15.2. The highest BCUT2D eigenvalue weighted by atomic mass is 32.2. The largest absolute Gasteiger partial charge is 0.478 e. The maximum atomic E-state index is 13.2. The summed E-state index contributed by atoms with van der Waals surface area (Å²) in [5.74, 6) is -4.03. The van der Waals surface area contributed by atoms with Gasteiger partial charge in [-0.05, 0) is 49.7 Å². The number of hydrogen-bond acceptors (Lipinski definition) is 8. The molecule has 0 spiro atoms. The van der Waals surface area contributed by atoms with Gasteiger partial charge in [0.05, 0.1) is 23.9 Å². The molecule has 2 amide bonds. The molecule has 1 aromatic rings. The molecule has 3 rings (SSSR count). The number of amides is 2. The number of nitrogens with two attached hydrogens (primary N) is 2. The molecule has 2 aliphatic rings. The van der Waals surface area contributed by atoms with Crippen LogP contribution < -0.4 is 26.8 Å². The summed E-state index contributed by atoms with van der Waals surface area (Å²) in [6.07, 6.45) is 1.18. The second-order valence-corrected chi connectivity index (χ2v) is 12.2. The first-order valence-electron chi connectivity index (χ1n) is 13.5. The van der Waals surface area contributed by atoms with E-state index < -0.39 is 58.4 Å². The highest BCUT2D eigenvalue weighted by Gasteiger charge is 2.33. The third-order valence-corrected chi connectivity index (χ3v) is 8.67. The van der Waals surface area contributed by atoms with Crippen molar-refractivity contribution in [3.8, 4) is 0 Å². The minimum Gasteiger partial charge on any atom is -0.478 e. The number of carbonyl (C=O) groups is 3. The average molecular weight is 610 g/mol. The summed E-state index contributed by atoms with van der Waals surface area (Å²) in [5.41, 5.74) is 11.0. The zero-order valence-corrected chi connectivity index (χ0v) is 23.9. The summed E-state index contributed by atoms with van der Waals surface area (Å²) in [5, 5.41) is 40.2. The number of benzene rings is 1. The van der Waals surface area contributed by atoms with E-state index in [0.717, 1.165) is 0 Å². The topological polar surface area (TPSA) is 268 Å². The van der Waals surface area contributed by atoms with Crippen molar-refractivity contribution in [1.82, 2.24) is 25.2 Å². The Balaban J connectivity index is 1.70. The highest BCUT2D eigenvalue weighted by Crippen LogP contribution is 2.22. The lowest BCUT2D eigenvalue weighted by Crippen LogP contribution is -2.59. The van der Waals surface area contributed by atoms with Crippen molar-refractivity contribution in [2.45, 2.75) is 56.2 Å². The first kappa shape index (κ1) is 32.6. The van der Waals surface area contributed by atoms with Crippen molar-refractivity contribution in [3.05, 3.63) is 35.4 Å². The Kier molecular flexibility index (Phi) is 11.1. The van der Waals surface area contributed by atoms with Crippen LogP contribution in [0.3, 0.4) is 0 Å². The van der Waals surface area contributed by atoms with Crippen LogP contribution in [0.2, 0.25) is 0 Å². The Hall–Kier alpha value is -3.96. The predicted molar refractivity (Wildman–Crippen MR) is 153 cm³/mol. The second kappa shape index (κ2) is 14.3. The maximum Gasteiger partial charge on any atom is 0.335 e. The lowest BCUT2D eigenvalue weighted by atomic mass is 9.91. The maximum absolute atomic E-state index is 13.2. The van der Waals surface area contributed by atoms with E-state index in [9.17, 15) is 33.0 Å². The number of aliphatic hydroxyl groups is 1. The Bertz CT molecular complexity index is 1290. The van der Waals surface area contributed by atoms with E-state index in [1.54, 1.807) is 4.90 Å². The number of nitrogens with zero attached hydrogens (tertiary/aromatic N) is 2. The number of likely N-dealkylation sites (tertiary alicyclic amines) is 2. The van der Waals surface area contributed by atoms with E-state index in [4.69, 9.17) is 22.3 Å². The molecule has 0 radical (unpaired) electrons. The fraction of sp³-hybridized carbons (Fsp3) is 0.560. The SMILES string of the molecule is N=C(N)N1CCCC(C[C@@H](NS(=O)(=O)Cc2ccccc2C(=O)O)C(=O)NCC(=O)N[C@H]2CCCN(C(=N)N)[C@H]2O)C1. The number of rotatable bonds is 11. The van der Waals surface area contributed by atoms with Gasteiger partial charge in [-0.3, -0.25) is 20.4 Å². The molecule has 11 N–H and O–H groups in total. The van der Waals surface area contributed by atoms with Crippen LogP contribution in [-0.4, -0.2) is 103 Å². The van der Waals surface area contributed by atoms with E-state index >= 15 is 0 Å². The number of hydrogen-bond donors (Lipinski definition) is 9. The van der Waals surface area contributed by atoms with Gasteiger partial charge in [0.1, 0.15) is 12.3 Å². The lowest BCUT2D eigenvalue weighted by molar-refractivity contribution is -0.128. The molecule has 4 atom stereocenters. The molecule has 0 bridgehead atoms. The van der Waals surface area contributed by atoms with Gasteiger partial charge in [0.25, 0.3) is 0 Å². The van der Waals surface area contributed by atoms with E-state index in [0.29, 0.717) is 45.3 Å². The minimum absolute atomic E-state index is 0.0436. The van der Waals surface area contributed by atoms with Gasteiger partial charge in [0.2, 0.25) is 21.8 Å². The van der Waals surface area contributed by atoms with Crippen LogP contribution in [0.4, 0.5) is 0 Å². The van der Waals surface area contributed by atoms with Crippen LogP contribution in [0.1, 0.15) is 48.0 Å². The van der Waals surface area contributed by atoms with Gasteiger partial charge in [-0.25, -0.2) is 17.9 Å². The van der Waals surface area contributed by atoms with Gasteiger partial charge >= 0.3 is 5.97 Å². The van der Waals surface area contributed by atoms with Gasteiger partial charge in [-0.1, -0.05) is 18.2 Å². The van der Waals surface area contributed by atoms with Crippen LogP contribution in [0.5, 0.6) is 0 Å². The molecule has 17 heteroatoms. The molecule has 232 valence electrons. The predicted octanol–water partition coefficient (Wildman–Crippen LogP) is -1.92. The average Bonchev–Trinajstić information content (AvgIpc) is 2.92. The lowest BCUT2D eigenvalue weighted by Gasteiger charge is -2.38. The van der Waals surface area contributed by atoms with Crippen molar-refractivity contribution in [1.29, 1.82) is 10.8 Å². The summed E-state index contributed by atoms with van der Waals surface area (Å²) in [4.78, 5) is 40.3. The van der Waals surface area contributed by atoms with Crippen molar-refractivity contribution in [2.75, 3.05) is 26.2 Å².